The Labute approximate surface area is 166 Å². The molecule has 0 bridgehead atoms. The van der Waals surface area contributed by atoms with Crippen molar-refractivity contribution in [2.24, 2.45) is 5.73 Å². The van der Waals surface area contributed by atoms with E-state index in [0.717, 1.165) is 11.1 Å². The Morgan fingerprint density at radius 1 is 0.963 bits per heavy atom. The summed E-state index contributed by atoms with van der Waals surface area (Å²) >= 11 is 0. The monoisotopic (exact) mass is 409 g/mol. The fraction of sp³-hybridized carbons (Fsp3) is 0.316. The third-order valence-electron chi connectivity index (χ3n) is 4.63. The summed E-state index contributed by atoms with van der Waals surface area (Å²) in [6.07, 6.45) is 0. The first-order valence-corrected chi connectivity index (χ1v) is 10.00. The summed E-state index contributed by atoms with van der Waals surface area (Å²) in [6, 6.07) is 15.2. The fourth-order valence-electron chi connectivity index (χ4n) is 3.00. The fourth-order valence-corrected chi connectivity index (χ4v) is 4.45. The van der Waals surface area contributed by atoms with E-state index in [1.165, 1.54) is 4.31 Å². The van der Waals surface area contributed by atoms with Gasteiger partial charge in [0.15, 0.2) is 0 Å². The Kier molecular flexibility index (Phi) is 7.00. The highest BCUT2D eigenvalue weighted by molar-refractivity contribution is 7.89. The molecule has 0 radical (unpaired) electrons. The van der Waals surface area contributed by atoms with Gasteiger partial charge in [-0.05, 0) is 24.6 Å². The van der Waals surface area contributed by atoms with E-state index in [4.69, 9.17) is 5.73 Å². The van der Waals surface area contributed by atoms with Gasteiger partial charge >= 0.3 is 0 Å². The van der Waals surface area contributed by atoms with E-state index in [1.807, 2.05) is 31.2 Å². The van der Waals surface area contributed by atoms with Crippen molar-refractivity contribution in [3.63, 3.8) is 0 Å². The molecule has 1 aliphatic heterocycles. The van der Waals surface area contributed by atoms with Crippen LogP contribution in [0, 0.1) is 6.92 Å². The summed E-state index contributed by atoms with van der Waals surface area (Å²) in [7, 11) is -3.52. The largest absolute Gasteiger partial charge is 0.338 e. The number of nitrogens with two attached hydrogens (primary N) is 1. The minimum atomic E-state index is -3.52. The van der Waals surface area contributed by atoms with Crippen molar-refractivity contribution in [3.8, 4) is 0 Å². The van der Waals surface area contributed by atoms with Crippen LogP contribution < -0.4 is 5.73 Å². The van der Waals surface area contributed by atoms with E-state index in [2.05, 4.69) is 0 Å². The van der Waals surface area contributed by atoms with Crippen LogP contribution in [0.1, 0.15) is 17.2 Å². The molecule has 2 aromatic rings. The van der Waals surface area contributed by atoms with E-state index < -0.39 is 16.1 Å². The van der Waals surface area contributed by atoms with Crippen LogP contribution in [0.2, 0.25) is 0 Å². The summed E-state index contributed by atoms with van der Waals surface area (Å²) in [4.78, 5) is 14.6. The zero-order valence-corrected chi connectivity index (χ0v) is 16.7. The molecule has 6 nitrogen and oxygen atoms in total. The number of amides is 1. The van der Waals surface area contributed by atoms with E-state index in [9.17, 15) is 13.2 Å². The first kappa shape index (κ1) is 21.4. The predicted molar refractivity (Wildman–Crippen MR) is 107 cm³/mol. The van der Waals surface area contributed by atoms with Gasteiger partial charge in [0.05, 0.1) is 4.90 Å². The van der Waals surface area contributed by atoms with Gasteiger partial charge in [-0.15, -0.1) is 12.4 Å². The summed E-state index contributed by atoms with van der Waals surface area (Å²) in [6.45, 7) is 3.19. The molecule has 8 heteroatoms. The number of benzene rings is 2. The Balaban J connectivity index is 0.00000261. The van der Waals surface area contributed by atoms with Crippen molar-refractivity contribution in [2.75, 3.05) is 26.2 Å². The number of aryl methyl sites for hydroxylation is 1. The Morgan fingerprint density at radius 2 is 1.52 bits per heavy atom. The van der Waals surface area contributed by atoms with Crippen LogP contribution in [0.5, 0.6) is 0 Å². The van der Waals surface area contributed by atoms with Gasteiger partial charge < -0.3 is 10.6 Å². The average molecular weight is 410 g/mol. The summed E-state index contributed by atoms with van der Waals surface area (Å²) in [5.41, 5.74) is 7.98. The summed E-state index contributed by atoms with van der Waals surface area (Å²) < 4.78 is 26.7. The number of hydrogen-bond donors (Lipinski definition) is 1. The maximum Gasteiger partial charge on any atom is 0.244 e. The van der Waals surface area contributed by atoms with Crippen molar-refractivity contribution in [2.45, 2.75) is 17.9 Å². The highest BCUT2D eigenvalue weighted by Crippen LogP contribution is 2.19. The standard InChI is InChI=1S/C19H23N3O3S.ClH/c1-15-7-9-16(10-8-15)18(20)19(23)21-11-13-22(14-12-21)26(24,25)17-5-3-2-4-6-17;/h2-10,18H,11-14,20H2,1H3;1H. The molecule has 1 fully saturated rings. The molecule has 146 valence electrons. The van der Waals surface area contributed by atoms with Gasteiger partial charge in [0.25, 0.3) is 0 Å². The van der Waals surface area contributed by atoms with Crippen LogP contribution in [0.4, 0.5) is 0 Å². The van der Waals surface area contributed by atoms with Gasteiger partial charge in [0, 0.05) is 26.2 Å². The maximum absolute atomic E-state index is 12.6. The van der Waals surface area contributed by atoms with Crippen LogP contribution in [-0.2, 0) is 14.8 Å². The second-order valence-corrected chi connectivity index (χ2v) is 8.37. The van der Waals surface area contributed by atoms with Crippen LogP contribution in [0.3, 0.4) is 0 Å². The van der Waals surface area contributed by atoms with Crippen LogP contribution >= 0.6 is 12.4 Å². The SMILES string of the molecule is Cc1ccc(C(N)C(=O)N2CCN(S(=O)(=O)c3ccccc3)CC2)cc1.Cl. The molecule has 2 aromatic carbocycles. The van der Waals surface area contributed by atoms with Crippen LogP contribution in [0.25, 0.3) is 0 Å². The highest BCUT2D eigenvalue weighted by Gasteiger charge is 2.31. The first-order valence-electron chi connectivity index (χ1n) is 8.56. The third-order valence-corrected chi connectivity index (χ3v) is 6.55. The quantitative estimate of drug-likeness (QED) is 0.836. The number of nitrogens with zero attached hydrogens (tertiary/aromatic N) is 2. The molecule has 1 heterocycles. The smallest absolute Gasteiger partial charge is 0.244 e. The van der Waals surface area contributed by atoms with Crippen LogP contribution in [-0.4, -0.2) is 49.7 Å². The molecule has 0 aliphatic carbocycles. The molecule has 1 saturated heterocycles. The first-order chi connectivity index (χ1) is 12.4. The summed E-state index contributed by atoms with van der Waals surface area (Å²) in [5.74, 6) is -0.175. The topological polar surface area (TPSA) is 83.7 Å². The van der Waals surface area contributed by atoms with Crippen molar-refractivity contribution < 1.29 is 13.2 Å². The van der Waals surface area contributed by atoms with E-state index in [-0.39, 0.29) is 36.3 Å². The van der Waals surface area contributed by atoms with Crippen LogP contribution in [0.15, 0.2) is 59.5 Å². The molecule has 0 aromatic heterocycles. The molecule has 0 spiro atoms. The van der Waals surface area contributed by atoms with E-state index in [0.29, 0.717) is 13.1 Å². The van der Waals surface area contributed by atoms with Crippen molar-refractivity contribution in [3.05, 3.63) is 65.7 Å². The number of sulfonamides is 1. The van der Waals surface area contributed by atoms with Crippen molar-refractivity contribution in [1.29, 1.82) is 0 Å². The zero-order valence-electron chi connectivity index (χ0n) is 15.1. The lowest BCUT2D eigenvalue weighted by molar-refractivity contribution is -0.133. The van der Waals surface area contributed by atoms with Gasteiger partial charge in [0.1, 0.15) is 6.04 Å². The maximum atomic E-state index is 12.6. The van der Waals surface area contributed by atoms with Gasteiger partial charge in [0.2, 0.25) is 15.9 Å². The number of hydrogen-bond acceptors (Lipinski definition) is 4. The second kappa shape index (κ2) is 8.84. The molecule has 1 atom stereocenters. The van der Waals surface area contributed by atoms with E-state index in [1.54, 1.807) is 35.2 Å². The average Bonchev–Trinajstić information content (AvgIpc) is 2.68. The lowest BCUT2D eigenvalue weighted by Gasteiger charge is -2.35. The Bertz CT molecular complexity index is 865. The number of carbonyl (C=O) groups excluding carboxylic acids is 1. The molecule has 1 amide bonds. The third kappa shape index (κ3) is 4.68. The molecule has 1 unspecified atom stereocenters. The molecule has 3 rings (SSSR count). The molecule has 27 heavy (non-hydrogen) atoms. The zero-order chi connectivity index (χ0) is 18.7. The molecule has 1 aliphatic rings. The molecular formula is C19H24ClN3O3S. The Hall–Kier alpha value is -1.93. The minimum absolute atomic E-state index is 0. The van der Waals surface area contributed by atoms with Crippen molar-refractivity contribution >= 4 is 28.3 Å². The van der Waals surface area contributed by atoms with Gasteiger partial charge in [-0.2, -0.15) is 4.31 Å². The lowest BCUT2D eigenvalue weighted by atomic mass is 10.0. The number of halogens is 1. The number of carbonyl (C=O) groups is 1. The van der Waals surface area contributed by atoms with E-state index >= 15 is 0 Å². The lowest BCUT2D eigenvalue weighted by Crippen LogP contribution is -2.52. The molecule has 0 saturated carbocycles. The normalized spacial score (nSPS) is 16.4. The number of piperazine rings is 1. The summed E-state index contributed by atoms with van der Waals surface area (Å²) in [5, 5.41) is 0. The molecular weight excluding hydrogens is 386 g/mol. The second-order valence-electron chi connectivity index (χ2n) is 6.43. The predicted octanol–water partition coefficient (Wildman–Crippen LogP) is 1.95. The van der Waals surface area contributed by atoms with Gasteiger partial charge in [-0.25, -0.2) is 8.42 Å². The highest BCUT2D eigenvalue weighted by atomic mass is 35.5. The van der Waals surface area contributed by atoms with Crippen molar-refractivity contribution in [1.82, 2.24) is 9.21 Å². The molecule has 2 N–H and O–H groups in total. The number of rotatable bonds is 4. The van der Waals surface area contributed by atoms with Gasteiger partial charge in [-0.1, -0.05) is 48.0 Å². The van der Waals surface area contributed by atoms with Gasteiger partial charge in [-0.3, -0.25) is 4.79 Å². The Morgan fingerprint density at radius 3 is 2.07 bits per heavy atom. The minimum Gasteiger partial charge on any atom is -0.338 e.